The van der Waals surface area contributed by atoms with E-state index in [-0.39, 0.29) is 12.0 Å². The van der Waals surface area contributed by atoms with Crippen molar-refractivity contribution in [3.05, 3.63) is 35.4 Å². The lowest BCUT2D eigenvalue weighted by Gasteiger charge is -2.21. The third-order valence-corrected chi connectivity index (χ3v) is 2.48. The molecule has 84 valence electrons. The first-order valence-electron chi connectivity index (χ1n) is 5.41. The van der Waals surface area contributed by atoms with Gasteiger partial charge in [-0.25, -0.2) is 0 Å². The minimum Gasteiger partial charge on any atom is -0.396 e. The van der Waals surface area contributed by atoms with E-state index >= 15 is 0 Å². The van der Waals surface area contributed by atoms with Crippen LogP contribution in [0.4, 0.5) is 0 Å². The topological polar surface area (TPSA) is 32.3 Å². The highest BCUT2D eigenvalue weighted by atomic mass is 16.3. The van der Waals surface area contributed by atoms with Crippen molar-refractivity contribution in [1.29, 1.82) is 0 Å². The molecule has 0 fully saturated rings. The minimum atomic E-state index is -0.0370. The summed E-state index contributed by atoms with van der Waals surface area (Å²) in [5.74, 6) is 0. The van der Waals surface area contributed by atoms with Gasteiger partial charge < -0.3 is 10.4 Å². The Morgan fingerprint density at radius 1 is 1.20 bits per heavy atom. The Hall–Kier alpha value is -0.860. The van der Waals surface area contributed by atoms with Crippen LogP contribution < -0.4 is 5.32 Å². The van der Waals surface area contributed by atoms with Gasteiger partial charge in [0.05, 0.1) is 0 Å². The Labute approximate surface area is 92.3 Å². The molecule has 0 spiro atoms. The van der Waals surface area contributed by atoms with E-state index in [0.717, 1.165) is 13.1 Å². The van der Waals surface area contributed by atoms with Crippen molar-refractivity contribution >= 4 is 0 Å². The van der Waals surface area contributed by atoms with Gasteiger partial charge in [-0.15, -0.1) is 0 Å². The van der Waals surface area contributed by atoms with Gasteiger partial charge in [-0.05, 0) is 12.5 Å². The van der Waals surface area contributed by atoms with Gasteiger partial charge in [0, 0.05) is 25.1 Å². The lowest BCUT2D eigenvalue weighted by Crippen LogP contribution is -2.31. The second-order valence-electron chi connectivity index (χ2n) is 4.91. The predicted molar refractivity (Wildman–Crippen MR) is 63.8 cm³/mol. The molecule has 2 nitrogen and oxygen atoms in total. The van der Waals surface area contributed by atoms with Gasteiger partial charge in [0.15, 0.2) is 0 Å². The number of aryl methyl sites for hydroxylation is 1. The van der Waals surface area contributed by atoms with Gasteiger partial charge >= 0.3 is 0 Å². The summed E-state index contributed by atoms with van der Waals surface area (Å²) in [6.45, 7) is 8.10. The standard InChI is InChI=1S/C13H21NO/c1-11-4-6-12(7-5-11)8-14-9-13(2,3)10-15/h4-7,14-15H,8-10H2,1-3H3. The van der Waals surface area contributed by atoms with Crippen molar-refractivity contribution in [1.82, 2.24) is 5.32 Å². The van der Waals surface area contributed by atoms with E-state index in [4.69, 9.17) is 5.11 Å². The maximum Gasteiger partial charge on any atom is 0.0494 e. The van der Waals surface area contributed by atoms with Crippen molar-refractivity contribution in [3.63, 3.8) is 0 Å². The van der Waals surface area contributed by atoms with E-state index in [2.05, 4.69) is 50.4 Å². The summed E-state index contributed by atoms with van der Waals surface area (Å²) in [5, 5.41) is 12.4. The fraction of sp³-hybridized carbons (Fsp3) is 0.538. The number of hydrogen-bond donors (Lipinski definition) is 2. The molecule has 0 aliphatic carbocycles. The molecule has 1 aromatic carbocycles. The highest BCUT2D eigenvalue weighted by Gasteiger charge is 2.15. The van der Waals surface area contributed by atoms with Crippen LogP contribution in [0.25, 0.3) is 0 Å². The van der Waals surface area contributed by atoms with Crippen LogP contribution >= 0.6 is 0 Å². The van der Waals surface area contributed by atoms with Crippen LogP contribution in [-0.2, 0) is 6.54 Å². The molecule has 0 bridgehead atoms. The number of nitrogens with one attached hydrogen (secondary N) is 1. The summed E-state index contributed by atoms with van der Waals surface area (Å²) in [5.41, 5.74) is 2.54. The zero-order valence-corrected chi connectivity index (χ0v) is 9.88. The van der Waals surface area contributed by atoms with Crippen LogP contribution in [-0.4, -0.2) is 18.3 Å². The monoisotopic (exact) mass is 207 g/mol. The van der Waals surface area contributed by atoms with Gasteiger partial charge in [-0.1, -0.05) is 43.7 Å². The van der Waals surface area contributed by atoms with Gasteiger partial charge in [-0.3, -0.25) is 0 Å². The second-order valence-corrected chi connectivity index (χ2v) is 4.91. The first-order valence-corrected chi connectivity index (χ1v) is 5.41. The first-order chi connectivity index (χ1) is 7.03. The third kappa shape index (κ3) is 4.45. The highest BCUT2D eigenvalue weighted by molar-refractivity contribution is 5.21. The molecule has 2 N–H and O–H groups in total. The smallest absolute Gasteiger partial charge is 0.0494 e. The molecule has 15 heavy (non-hydrogen) atoms. The summed E-state index contributed by atoms with van der Waals surface area (Å²) in [6, 6.07) is 8.50. The van der Waals surface area contributed by atoms with E-state index in [9.17, 15) is 0 Å². The van der Waals surface area contributed by atoms with Crippen LogP contribution in [0.15, 0.2) is 24.3 Å². The summed E-state index contributed by atoms with van der Waals surface area (Å²) >= 11 is 0. The molecule has 0 saturated carbocycles. The first kappa shape index (κ1) is 12.2. The summed E-state index contributed by atoms with van der Waals surface area (Å²) in [7, 11) is 0. The van der Waals surface area contributed by atoms with Crippen LogP contribution in [0.1, 0.15) is 25.0 Å². The van der Waals surface area contributed by atoms with Crippen LogP contribution in [0.5, 0.6) is 0 Å². The molecular formula is C13H21NO. The fourth-order valence-electron chi connectivity index (χ4n) is 1.31. The molecule has 0 radical (unpaired) electrons. The molecule has 0 amide bonds. The lowest BCUT2D eigenvalue weighted by molar-refractivity contribution is 0.156. The van der Waals surface area contributed by atoms with Gasteiger partial charge in [0.25, 0.3) is 0 Å². The average Bonchev–Trinajstić information content (AvgIpc) is 2.21. The number of aliphatic hydroxyl groups is 1. The molecule has 0 aromatic heterocycles. The van der Waals surface area contributed by atoms with Gasteiger partial charge in [0.1, 0.15) is 0 Å². The zero-order valence-electron chi connectivity index (χ0n) is 9.88. The lowest BCUT2D eigenvalue weighted by atomic mass is 9.95. The number of rotatable bonds is 5. The van der Waals surface area contributed by atoms with E-state index < -0.39 is 0 Å². The maximum atomic E-state index is 9.09. The van der Waals surface area contributed by atoms with Crippen LogP contribution in [0, 0.1) is 12.3 Å². The van der Waals surface area contributed by atoms with Gasteiger partial charge in [0.2, 0.25) is 0 Å². The van der Waals surface area contributed by atoms with E-state index in [1.165, 1.54) is 11.1 Å². The Bertz CT molecular complexity index is 290. The van der Waals surface area contributed by atoms with E-state index in [0.29, 0.717) is 0 Å². The van der Waals surface area contributed by atoms with Crippen molar-refractivity contribution in [3.8, 4) is 0 Å². The fourth-order valence-corrected chi connectivity index (χ4v) is 1.31. The van der Waals surface area contributed by atoms with Crippen LogP contribution in [0.3, 0.4) is 0 Å². The highest BCUT2D eigenvalue weighted by Crippen LogP contribution is 2.11. The molecule has 1 aromatic rings. The Morgan fingerprint density at radius 2 is 1.80 bits per heavy atom. The molecule has 1 rings (SSSR count). The second kappa shape index (κ2) is 5.29. The Kier molecular flexibility index (Phi) is 4.30. The van der Waals surface area contributed by atoms with Crippen molar-refractivity contribution in [2.75, 3.05) is 13.2 Å². The maximum absolute atomic E-state index is 9.09. The van der Waals surface area contributed by atoms with Crippen molar-refractivity contribution in [2.45, 2.75) is 27.3 Å². The normalized spacial score (nSPS) is 11.7. The molecule has 0 saturated heterocycles. The van der Waals surface area contributed by atoms with Gasteiger partial charge in [-0.2, -0.15) is 0 Å². The number of hydrogen-bond acceptors (Lipinski definition) is 2. The Morgan fingerprint density at radius 3 is 2.33 bits per heavy atom. The molecule has 0 atom stereocenters. The average molecular weight is 207 g/mol. The summed E-state index contributed by atoms with van der Waals surface area (Å²) in [6.07, 6.45) is 0. The van der Waals surface area contributed by atoms with Crippen molar-refractivity contribution < 1.29 is 5.11 Å². The molecule has 0 heterocycles. The Balaban J connectivity index is 2.35. The number of benzene rings is 1. The zero-order chi connectivity index (χ0) is 11.3. The quantitative estimate of drug-likeness (QED) is 0.775. The summed E-state index contributed by atoms with van der Waals surface area (Å²) in [4.78, 5) is 0. The predicted octanol–water partition coefficient (Wildman–Crippen LogP) is 2.10. The molecular weight excluding hydrogens is 186 g/mol. The van der Waals surface area contributed by atoms with E-state index in [1.807, 2.05) is 0 Å². The number of aliphatic hydroxyl groups excluding tert-OH is 1. The molecule has 0 aliphatic rings. The molecule has 0 aliphatic heterocycles. The molecule has 2 heteroatoms. The largest absolute Gasteiger partial charge is 0.396 e. The van der Waals surface area contributed by atoms with Crippen molar-refractivity contribution in [2.24, 2.45) is 5.41 Å². The molecule has 0 unspecified atom stereocenters. The minimum absolute atomic E-state index is 0.0370. The SMILES string of the molecule is Cc1ccc(CNCC(C)(C)CO)cc1. The van der Waals surface area contributed by atoms with E-state index in [1.54, 1.807) is 0 Å². The summed E-state index contributed by atoms with van der Waals surface area (Å²) < 4.78 is 0. The third-order valence-electron chi connectivity index (χ3n) is 2.48. The van der Waals surface area contributed by atoms with Crippen LogP contribution in [0.2, 0.25) is 0 Å².